The highest BCUT2D eigenvalue weighted by Gasteiger charge is 2.38. The molecule has 5 rings (SSSR count). The number of H-pyrrole nitrogens is 2. The van der Waals surface area contributed by atoms with Crippen molar-refractivity contribution in [3.63, 3.8) is 0 Å². The molecule has 1 aromatic carbocycles. The molecule has 1 atom stereocenters. The van der Waals surface area contributed by atoms with Gasteiger partial charge in [0.15, 0.2) is 11.6 Å². The summed E-state index contributed by atoms with van der Waals surface area (Å²) < 4.78 is 47.2. The van der Waals surface area contributed by atoms with Gasteiger partial charge < -0.3 is 19.6 Å². The number of morpholine rings is 1. The Labute approximate surface area is 170 Å². The number of rotatable bonds is 2. The predicted octanol–water partition coefficient (Wildman–Crippen LogP) is 4.66. The summed E-state index contributed by atoms with van der Waals surface area (Å²) in [5.74, 6) is 0.739. The molecule has 0 aliphatic carbocycles. The molecule has 6 nitrogen and oxygen atoms in total. The van der Waals surface area contributed by atoms with Gasteiger partial charge in [-0.1, -0.05) is 12.1 Å². The summed E-state index contributed by atoms with van der Waals surface area (Å²) >= 11 is 0. The van der Waals surface area contributed by atoms with Crippen LogP contribution in [0.4, 0.5) is 19.0 Å². The van der Waals surface area contributed by atoms with Crippen LogP contribution in [0.15, 0.2) is 30.5 Å². The van der Waals surface area contributed by atoms with Gasteiger partial charge in [-0.2, -0.15) is 13.2 Å². The first kappa shape index (κ1) is 18.9. The number of fused-ring (bicyclic) bond motifs is 2. The third-order valence-corrected chi connectivity index (χ3v) is 5.57. The monoisotopic (exact) mass is 415 g/mol. The van der Waals surface area contributed by atoms with E-state index in [0.717, 1.165) is 10.9 Å². The molecule has 30 heavy (non-hydrogen) atoms. The Balaban J connectivity index is 1.83. The second kappa shape index (κ2) is 6.73. The molecule has 4 aromatic rings. The SMILES string of the molecule is Cc1[nH]c2c(N3CCOC[C@H]3C)nc(-c3cccc4[nH]ccc34)nc2c1C(F)(F)F. The lowest BCUT2D eigenvalue weighted by molar-refractivity contribution is -0.136. The van der Waals surface area contributed by atoms with Crippen molar-refractivity contribution in [2.24, 2.45) is 0 Å². The molecule has 0 bridgehead atoms. The quantitative estimate of drug-likeness (QED) is 0.500. The van der Waals surface area contributed by atoms with Gasteiger partial charge >= 0.3 is 6.18 Å². The average molecular weight is 415 g/mol. The van der Waals surface area contributed by atoms with Crippen LogP contribution in [0.5, 0.6) is 0 Å². The Hall–Kier alpha value is -3.07. The number of nitrogens with zero attached hydrogens (tertiary/aromatic N) is 3. The molecule has 9 heteroatoms. The number of anilines is 1. The molecule has 3 aromatic heterocycles. The summed E-state index contributed by atoms with van der Waals surface area (Å²) in [6, 6.07) is 7.43. The predicted molar refractivity (Wildman–Crippen MR) is 109 cm³/mol. The van der Waals surface area contributed by atoms with E-state index in [1.807, 2.05) is 36.1 Å². The van der Waals surface area contributed by atoms with Crippen molar-refractivity contribution in [3.8, 4) is 11.4 Å². The van der Waals surface area contributed by atoms with E-state index in [1.165, 1.54) is 6.92 Å². The molecule has 0 amide bonds. The Morgan fingerprint density at radius 3 is 2.80 bits per heavy atom. The first-order valence-electron chi connectivity index (χ1n) is 9.73. The number of halogens is 3. The Kier molecular flexibility index (Phi) is 4.25. The molecule has 1 fully saturated rings. The van der Waals surface area contributed by atoms with Gasteiger partial charge in [0.05, 0.1) is 19.3 Å². The van der Waals surface area contributed by atoms with Crippen molar-refractivity contribution in [2.45, 2.75) is 26.1 Å². The largest absolute Gasteiger partial charge is 0.420 e. The second-order valence-electron chi connectivity index (χ2n) is 7.58. The fourth-order valence-electron chi connectivity index (χ4n) is 4.17. The van der Waals surface area contributed by atoms with Crippen molar-refractivity contribution in [2.75, 3.05) is 24.7 Å². The van der Waals surface area contributed by atoms with Crippen LogP contribution in [0.25, 0.3) is 33.3 Å². The number of aromatic nitrogens is 4. The Morgan fingerprint density at radius 2 is 2.03 bits per heavy atom. The van der Waals surface area contributed by atoms with Gasteiger partial charge in [0.1, 0.15) is 16.6 Å². The normalized spacial score (nSPS) is 17.9. The van der Waals surface area contributed by atoms with Crippen LogP contribution in [0.3, 0.4) is 0 Å². The molecule has 0 spiro atoms. The molecular weight excluding hydrogens is 395 g/mol. The van der Waals surface area contributed by atoms with Gasteiger partial charge in [0.25, 0.3) is 0 Å². The highest BCUT2D eigenvalue weighted by molar-refractivity contribution is 5.97. The molecular formula is C21H20F3N5O. The van der Waals surface area contributed by atoms with E-state index in [0.29, 0.717) is 36.7 Å². The summed E-state index contributed by atoms with van der Waals surface area (Å²) in [5.41, 5.74) is 1.05. The van der Waals surface area contributed by atoms with Crippen LogP contribution in [0, 0.1) is 6.92 Å². The highest BCUT2D eigenvalue weighted by atomic mass is 19.4. The first-order chi connectivity index (χ1) is 14.3. The molecule has 1 saturated heterocycles. The van der Waals surface area contributed by atoms with Gasteiger partial charge in [0.2, 0.25) is 0 Å². The van der Waals surface area contributed by atoms with Crippen LogP contribution in [0.2, 0.25) is 0 Å². The Bertz CT molecular complexity index is 1240. The van der Waals surface area contributed by atoms with E-state index in [2.05, 4.69) is 15.0 Å². The number of hydrogen-bond acceptors (Lipinski definition) is 4. The van der Waals surface area contributed by atoms with Crippen molar-refractivity contribution >= 4 is 27.8 Å². The standard InChI is InChI=1S/C21H20F3N5O/c1-11-10-30-9-8-29(11)20-18-17(16(12(2)26-18)21(22,23)24)27-19(28-20)14-4-3-5-15-13(14)6-7-25-15/h3-7,11,25-26H,8-10H2,1-2H3/t11-/m1/s1. The fourth-order valence-corrected chi connectivity index (χ4v) is 4.17. The summed E-state index contributed by atoms with van der Waals surface area (Å²) in [4.78, 5) is 17.2. The van der Waals surface area contributed by atoms with Crippen LogP contribution in [-0.4, -0.2) is 45.7 Å². The van der Waals surface area contributed by atoms with E-state index in [-0.39, 0.29) is 23.1 Å². The molecule has 156 valence electrons. The molecule has 1 aliphatic rings. The Morgan fingerprint density at radius 1 is 1.20 bits per heavy atom. The third kappa shape index (κ3) is 2.92. The molecule has 2 N–H and O–H groups in total. The van der Waals surface area contributed by atoms with Crippen molar-refractivity contribution < 1.29 is 17.9 Å². The average Bonchev–Trinajstić information content (AvgIpc) is 3.30. The summed E-state index contributed by atoms with van der Waals surface area (Å²) in [7, 11) is 0. The molecule has 4 heterocycles. The second-order valence-corrected chi connectivity index (χ2v) is 7.58. The molecule has 1 aliphatic heterocycles. The minimum Gasteiger partial charge on any atom is -0.377 e. The maximum atomic E-state index is 13.9. The van der Waals surface area contributed by atoms with E-state index in [1.54, 1.807) is 6.20 Å². The fraction of sp³-hybridized carbons (Fsp3) is 0.333. The zero-order valence-corrected chi connectivity index (χ0v) is 16.5. The van der Waals surface area contributed by atoms with Crippen LogP contribution in [-0.2, 0) is 10.9 Å². The lowest BCUT2D eigenvalue weighted by Crippen LogP contribution is -2.44. The van der Waals surface area contributed by atoms with Gasteiger partial charge in [-0.25, -0.2) is 9.97 Å². The third-order valence-electron chi connectivity index (χ3n) is 5.57. The summed E-state index contributed by atoms with van der Waals surface area (Å²) in [6.45, 7) is 4.91. The smallest absolute Gasteiger partial charge is 0.377 e. The molecule has 0 saturated carbocycles. The van der Waals surface area contributed by atoms with Crippen LogP contribution >= 0.6 is 0 Å². The van der Waals surface area contributed by atoms with Crippen LogP contribution < -0.4 is 4.90 Å². The number of hydrogen-bond donors (Lipinski definition) is 2. The molecule has 0 unspecified atom stereocenters. The maximum Gasteiger partial charge on any atom is 0.420 e. The van der Waals surface area contributed by atoms with E-state index in [9.17, 15) is 13.2 Å². The van der Waals surface area contributed by atoms with E-state index < -0.39 is 11.7 Å². The van der Waals surface area contributed by atoms with Crippen molar-refractivity contribution in [1.82, 2.24) is 19.9 Å². The van der Waals surface area contributed by atoms with E-state index in [4.69, 9.17) is 9.72 Å². The zero-order chi connectivity index (χ0) is 21.0. The zero-order valence-electron chi connectivity index (χ0n) is 16.5. The van der Waals surface area contributed by atoms with Crippen LogP contribution in [0.1, 0.15) is 18.2 Å². The number of aryl methyl sites for hydroxylation is 1. The minimum atomic E-state index is -4.53. The van der Waals surface area contributed by atoms with Gasteiger partial charge in [-0.3, -0.25) is 0 Å². The maximum absolute atomic E-state index is 13.9. The topological polar surface area (TPSA) is 69.8 Å². The highest BCUT2D eigenvalue weighted by Crippen LogP contribution is 2.40. The van der Waals surface area contributed by atoms with Crippen molar-refractivity contribution in [3.05, 3.63) is 41.7 Å². The number of aromatic amines is 2. The lowest BCUT2D eigenvalue weighted by Gasteiger charge is -2.34. The molecule has 0 radical (unpaired) electrons. The van der Waals surface area contributed by atoms with Gasteiger partial charge in [-0.15, -0.1) is 0 Å². The van der Waals surface area contributed by atoms with Gasteiger partial charge in [0, 0.05) is 34.9 Å². The minimum absolute atomic E-state index is 0.0225. The first-order valence-corrected chi connectivity index (χ1v) is 9.73. The lowest BCUT2D eigenvalue weighted by atomic mass is 10.1. The number of ether oxygens (including phenoxy) is 1. The summed E-state index contributed by atoms with van der Waals surface area (Å²) in [6.07, 6.45) is -2.73. The van der Waals surface area contributed by atoms with Crippen molar-refractivity contribution in [1.29, 1.82) is 0 Å². The number of nitrogens with one attached hydrogen (secondary N) is 2. The summed E-state index contributed by atoms with van der Waals surface area (Å²) in [5, 5.41) is 0.860. The van der Waals surface area contributed by atoms with E-state index >= 15 is 0 Å². The van der Waals surface area contributed by atoms with Gasteiger partial charge in [-0.05, 0) is 26.0 Å². The number of benzene rings is 1. The number of alkyl halides is 3.